The molecule has 86 valence electrons. The van der Waals surface area contributed by atoms with Crippen molar-refractivity contribution in [1.29, 1.82) is 0 Å². The highest BCUT2D eigenvalue weighted by Crippen LogP contribution is 2.20. The Labute approximate surface area is 90.3 Å². The van der Waals surface area contributed by atoms with Crippen LogP contribution in [0.25, 0.3) is 0 Å². The number of aryl methyl sites for hydroxylation is 1. The predicted octanol–water partition coefficient (Wildman–Crippen LogP) is 1.20. The van der Waals surface area contributed by atoms with Crippen molar-refractivity contribution in [3.63, 3.8) is 0 Å². The van der Waals surface area contributed by atoms with Gasteiger partial charge in [0, 0.05) is 0 Å². The van der Waals surface area contributed by atoms with Gasteiger partial charge in [0.05, 0.1) is 11.7 Å². The fourth-order valence-electron chi connectivity index (χ4n) is 1.60. The Morgan fingerprint density at radius 1 is 1.47 bits per heavy atom. The predicted molar refractivity (Wildman–Crippen MR) is 58.0 cm³/mol. The minimum absolute atomic E-state index is 0.0898. The van der Waals surface area contributed by atoms with Gasteiger partial charge < -0.3 is 0 Å². The van der Waals surface area contributed by atoms with Crippen LogP contribution in [0.1, 0.15) is 38.4 Å². The van der Waals surface area contributed by atoms with Gasteiger partial charge in [0.1, 0.15) is 0 Å². The van der Waals surface area contributed by atoms with Crippen molar-refractivity contribution in [2.24, 2.45) is 5.14 Å². The van der Waals surface area contributed by atoms with E-state index in [9.17, 15) is 8.42 Å². The smallest absolute Gasteiger partial charge is 0.250 e. The first-order chi connectivity index (χ1) is 6.90. The lowest BCUT2D eigenvalue weighted by Gasteiger charge is -2.15. The van der Waals surface area contributed by atoms with Crippen LogP contribution in [0.15, 0.2) is 11.1 Å². The molecule has 6 heteroatoms. The van der Waals surface area contributed by atoms with Crippen LogP contribution >= 0.6 is 0 Å². The standard InChI is InChI=1S/C9H17N3O2S/c1-4-8(5-2)12-9(15(10,13)14)6-7(3)11-12/h6,8H,4-5H2,1-3H3,(H2,10,13,14). The van der Waals surface area contributed by atoms with Crippen molar-refractivity contribution in [1.82, 2.24) is 9.78 Å². The molecule has 0 aliphatic carbocycles. The molecule has 0 radical (unpaired) electrons. The second kappa shape index (κ2) is 4.32. The largest absolute Gasteiger partial charge is 0.255 e. The van der Waals surface area contributed by atoms with Gasteiger partial charge in [0.25, 0.3) is 10.0 Å². The van der Waals surface area contributed by atoms with E-state index in [4.69, 9.17) is 5.14 Å². The van der Waals surface area contributed by atoms with Gasteiger partial charge in [-0.2, -0.15) is 5.10 Å². The average Bonchev–Trinajstić information content (AvgIpc) is 2.49. The molecule has 0 unspecified atom stereocenters. The lowest BCUT2D eigenvalue weighted by molar-refractivity contribution is 0.394. The van der Waals surface area contributed by atoms with E-state index in [0.717, 1.165) is 12.8 Å². The molecule has 2 N–H and O–H groups in total. The van der Waals surface area contributed by atoms with Crippen LogP contribution in [0, 0.1) is 6.92 Å². The lowest BCUT2D eigenvalue weighted by atomic mass is 10.2. The monoisotopic (exact) mass is 231 g/mol. The summed E-state index contributed by atoms with van der Waals surface area (Å²) < 4.78 is 24.2. The summed E-state index contributed by atoms with van der Waals surface area (Å²) in [6.07, 6.45) is 1.67. The van der Waals surface area contributed by atoms with Crippen LogP contribution in [-0.2, 0) is 10.0 Å². The maximum absolute atomic E-state index is 11.3. The second-order valence-electron chi connectivity index (χ2n) is 3.58. The SMILES string of the molecule is CCC(CC)n1nc(C)cc1S(N)(=O)=O. The van der Waals surface area contributed by atoms with Crippen molar-refractivity contribution in [3.05, 3.63) is 11.8 Å². The third-order valence-electron chi connectivity index (χ3n) is 2.40. The highest BCUT2D eigenvalue weighted by Gasteiger charge is 2.20. The number of aromatic nitrogens is 2. The van der Waals surface area contributed by atoms with E-state index in [1.165, 1.54) is 10.7 Å². The van der Waals surface area contributed by atoms with Gasteiger partial charge in [-0.05, 0) is 25.8 Å². The Kier molecular flexibility index (Phi) is 3.51. The van der Waals surface area contributed by atoms with E-state index < -0.39 is 10.0 Å². The molecule has 0 aliphatic rings. The lowest BCUT2D eigenvalue weighted by Crippen LogP contribution is -2.20. The Morgan fingerprint density at radius 3 is 2.40 bits per heavy atom. The molecule has 1 aromatic heterocycles. The number of nitrogens with zero attached hydrogens (tertiary/aromatic N) is 2. The number of sulfonamides is 1. The van der Waals surface area contributed by atoms with Gasteiger partial charge in [-0.3, -0.25) is 0 Å². The zero-order valence-electron chi connectivity index (χ0n) is 9.27. The van der Waals surface area contributed by atoms with E-state index in [1.54, 1.807) is 6.92 Å². The third-order valence-corrected chi connectivity index (χ3v) is 3.29. The van der Waals surface area contributed by atoms with Crippen LogP contribution in [-0.4, -0.2) is 18.2 Å². The highest BCUT2D eigenvalue weighted by molar-refractivity contribution is 7.89. The number of hydrogen-bond acceptors (Lipinski definition) is 3. The van der Waals surface area contributed by atoms with Crippen molar-refractivity contribution >= 4 is 10.0 Å². The van der Waals surface area contributed by atoms with Crippen molar-refractivity contribution in [2.75, 3.05) is 0 Å². The molecule has 0 saturated carbocycles. The average molecular weight is 231 g/mol. The molecule has 0 atom stereocenters. The van der Waals surface area contributed by atoms with E-state index in [2.05, 4.69) is 5.10 Å². The van der Waals surface area contributed by atoms with Crippen LogP contribution in [0.3, 0.4) is 0 Å². The molecule has 0 bridgehead atoms. The van der Waals surface area contributed by atoms with Crippen molar-refractivity contribution in [2.45, 2.75) is 44.7 Å². The molecule has 15 heavy (non-hydrogen) atoms. The molecule has 0 aromatic carbocycles. The molecule has 5 nitrogen and oxygen atoms in total. The van der Waals surface area contributed by atoms with Gasteiger partial charge in [-0.15, -0.1) is 0 Å². The Hall–Kier alpha value is -0.880. The maximum atomic E-state index is 11.3. The normalized spacial score (nSPS) is 12.3. The molecule has 0 amide bonds. The first kappa shape index (κ1) is 12.2. The molecule has 0 saturated heterocycles. The Balaban J connectivity index is 3.29. The third kappa shape index (κ3) is 2.57. The minimum Gasteiger partial charge on any atom is -0.250 e. The summed E-state index contributed by atoms with van der Waals surface area (Å²) in [6, 6.07) is 1.60. The van der Waals surface area contributed by atoms with Gasteiger partial charge in [0.15, 0.2) is 5.03 Å². The van der Waals surface area contributed by atoms with Crippen LogP contribution in [0.4, 0.5) is 0 Å². The van der Waals surface area contributed by atoms with E-state index >= 15 is 0 Å². The number of primary sulfonamides is 1. The summed E-state index contributed by atoms with van der Waals surface area (Å²) in [7, 11) is -3.68. The molecular formula is C9H17N3O2S. The zero-order chi connectivity index (χ0) is 11.6. The summed E-state index contributed by atoms with van der Waals surface area (Å²) in [5, 5.41) is 9.41. The van der Waals surface area contributed by atoms with E-state index in [1.807, 2.05) is 13.8 Å². The zero-order valence-corrected chi connectivity index (χ0v) is 10.1. The fraction of sp³-hybridized carbons (Fsp3) is 0.667. The summed E-state index contributed by atoms with van der Waals surface area (Å²) in [5.41, 5.74) is 0.672. The van der Waals surface area contributed by atoms with Crippen LogP contribution in [0.5, 0.6) is 0 Å². The first-order valence-electron chi connectivity index (χ1n) is 4.99. The van der Waals surface area contributed by atoms with E-state index in [-0.39, 0.29) is 11.1 Å². The quantitative estimate of drug-likeness (QED) is 0.845. The number of nitrogens with two attached hydrogens (primary N) is 1. The van der Waals surface area contributed by atoms with Crippen molar-refractivity contribution in [3.8, 4) is 0 Å². The number of rotatable bonds is 4. The summed E-state index contributed by atoms with van der Waals surface area (Å²) >= 11 is 0. The second-order valence-corrected chi connectivity index (χ2v) is 5.09. The topological polar surface area (TPSA) is 78.0 Å². The van der Waals surface area contributed by atoms with Crippen molar-refractivity contribution < 1.29 is 8.42 Å². The molecule has 0 fully saturated rings. The van der Waals surface area contributed by atoms with Crippen LogP contribution < -0.4 is 5.14 Å². The van der Waals surface area contributed by atoms with Gasteiger partial charge in [0.2, 0.25) is 0 Å². The molecule has 1 rings (SSSR count). The summed E-state index contributed by atoms with van der Waals surface area (Å²) in [6.45, 7) is 5.75. The molecular weight excluding hydrogens is 214 g/mol. The van der Waals surface area contributed by atoms with Gasteiger partial charge in [-0.25, -0.2) is 18.2 Å². The minimum atomic E-state index is -3.68. The van der Waals surface area contributed by atoms with Gasteiger partial charge in [-0.1, -0.05) is 13.8 Å². The fourth-order valence-corrected chi connectivity index (χ4v) is 2.39. The molecule has 1 heterocycles. The van der Waals surface area contributed by atoms with E-state index in [0.29, 0.717) is 5.69 Å². The number of hydrogen-bond donors (Lipinski definition) is 1. The summed E-state index contributed by atoms with van der Waals surface area (Å²) in [5.74, 6) is 0. The highest BCUT2D eigenvalue weighted by atomic mass is 32.2. The first-order valence-corrected chi connectivity index (χ1v) is 6.53. The molecule has 0 spiro atoms. The van der Waals surface area contributed by atoms with Crippen LogP contribution in [0.2, 0.25) is 0 Å². The maximum Gasteiger partial charge on any atom is 0.255 e. The Bertz CT molecular complexity index is 432. The molecule has 1 aromatic rings. The molecule has 0 aliphatic heterocycles. The Morgan fingerprint density at radius 2 is 2.00 bits per heavy atom. The van der Waals surface area contributed by atoms with Gasteiger partial charge >= 0.3 is 0 Å². The summed E-state index contributed by atoms with van der Waals surface area (Å²) in [4.78, 5) is 0.